The summed E-state index contributed by atoms with van der Waals surface area (Å²) in [4.78, 5) is 2.36. The zero-order chi connectivity index (χ0) is 35.7. The van der Waals surface area contributed by atoms with Crippen molar-refractivity contribution in [1.82, 2.24) is 0 Å². The molecule has 0 unspecified atom stereocenters. The highest BCUT2D eigenvalue weighted by Gasteiger charge is 2.23. The Balaban J connectivity index is 1.21. The molecule has 0 bridgehead atoms. The maximum Gasteiger partial charge on any atom is 0.143 e. The molecule has 0 aliphatic rings. The Kier molecular flexibility index (Phi) is 7.06. The van der Waals surface area contributed by atoms with Crippen molar-refractivity contribution in [1.29, 1.82) is 0 Å². The predicted molar refractivity (Wildman–Crippen MR) is 223 cm³/mol. The number of anilines is 3. The van der Waals surface area contributed by atoms with Crippen molar-refractivity contribution in [2.45, 2.75) is 26.2 Å². The standard InChI is InChI=1S/C50H37NO2/c1-50(2,3)35-24-19-32(20-25-35)33-21-26-36(27-22-33)51(37-28-29-41-39-13-6-8-17-45(39)52-47(41)31-37)44-30-23-34-11-4-5-12-38(34)48(44)43-16-10-15-42-40-14-7-9-18-46(40)53-49(42)43/h4-31H,1-3H3. The van der Waals surface area contributed by atoms with Crippen LogP contribution in [0.1, 0.15) is 26.3 Å². The van der Waals surface area contributed by atoms with Crippen molar-refractivity contribution in [2.24, 2.45) is 0 Å². The van der Waals surface area contributed by atoms with Gasteiger partial charge in [-0.3, -0.25) is 0 Å². The molecule has 0 aliphatic heterocycles. The summed E-state index contributed by atoms with van der Waals surface area (Å²) >= 11 is 0. The van der Waals surface area contributed by atoms with Gasteiger partial charge in [-0.1, -0.05) is 142 Å². The minimum absolute atomic E-state index is 0.105. The molecule has 3 heteroatoms. The molecule has 254 valence electrons. The number of hydrogen-bond acceptors (Lipinski definition) is 3. The first-order valence-electron chi connectivity index (χ1n) is 18.3. The van der Waals surface area contributed by atoms with Gasteiger partial charge < -0.3 is 13.7 Å². The SMILES string of the molecule is CC(C)(C)c1ccc(-c2ccc(N(c3ccc4c(c3)oc3ccccc34)c3ccc4ccccc4c3-c3cccc4c3oc3ccccc34)cc2)cc1. The van der Waals surface area contributed by atoms with E-state index in [2.05, 4.69) is 177 Å². The van der Waals surface area contributed by atoms with Crippen LogP contribution in [0.15, 0.2) is 179 Å². The maximum absolute atomic E-state index is 6.68. The first kappa shape index (κ1) is 31.2. The number of benzene rings is 8. The maximum atomic E-state index is 6.68. The van der Waals surface area contributed by atoms with Crippen LogP contribution < -0.4 is 4.90 Å². The molecule has 2 heterocycles. The van der Waals surface area contributed by atoms with Gasteiger partial charge in [0.25, 0.3) is 0 Å². The molecule has 0 saturated heterocycles. The predicted octanol–water partition coefficient (Wildman–Crippen LogP) is 14.7. The zero-order valence-electron chi connectivity index (χ0n) is 29.9. The minimum atomic E-state index is 0.105. The monoisotopic (exact) mass is 683 g/mol. The van der Waals surface area contributed by atoms with Crippen LogP contribution in [0.25, 0.3) is 76.9 Å². The fraction of sp³-hybridized carbons (Fsp3) is 0.0800. The van der Waals surface area contributed by atoms with Crippen molar-refractivity contribution in [2.75, 3.05) is 4.90 Å². The Morgan fingerprint density at radius 3 is 1.75 bits per heavy atom. The highest BCUT2D eigenvalue weighted by Crippen LogP contribution is 2.48. The van der Waals surface area contributed by atoms with Crippen molar-refractivity contribution >= 4 is 71.7 Å². The van der Waals surface area contributed by atoms with Gasteiger partial charge in [-0.05, 0) is 75.3 Å². The van der Waals surface area contributed by atoms with Gasteiger partial charge in [0.05, 0.1) is 5.69 Å². The van der Waals surface area contributed by atoms with Gasteiger partial charge in [0, 0.05) is 50.1 Å². The number of furan rings is 2. The molecule has 0 fully saturated rings. The fourth-order valence-electron chi connectivity index (χ4n) is 7.92. The second-order valence-electron chi connectivity index (χ2n) is 14.9. The van der Waals surface area contributed by atoms with Crippen LogP contribution in [0.3, 0.4) is 0 Å². The molecule has 0 aliphatic carbocycles. The van der Waals surface area contributed by atoms with Gasteiger partial charge in [-0.15, -0.1) is 0 Å². The molecule has 0 amide bonds. The topological polar surface area (TPSA) is 29.5 Å². The van der Waals surface area contributed by atoms with Crippen molar-refractivity contribution < 1.29 is 8.83 Å². The number of hydrogen-bond donors (Lipinski definition) is 0. The van der Waals surface area contributed by atoms with Crippen LogP contribution in [0.2, 0.25) is 0 Å². The number of para-hydroxylation sites is 3. The van der Waals surface area contributed by atoms with E-state index >= 15 is 0 Å². The Morgan fingerprint density at radius 1 is 0.434 bits per heavy atom. The summed E-state index contributed by atoms with van der Waals surface area (Å²) in [6.45, 7) is 6.76. The smallest absolute Gasteiger partial charge is 0.143 e. The molecule has 53 heavy (non-hydrogen) atoms. The Labute approximate surface area is 308 Å². The average molecular weight is 684 g/mol. The molecule has 3 nitrogen and oxygen atoms in total. The molecule has 0 atom stereocenters. The lowest BCUT2D eigenvalue weighted by Gasteiger charge is -2.29. The van der Waals surface area contributed by atoms with E-state index in [1.54, 1.807) is 0 Å². The second kappa shape index (κ2) is 12.0. The molecular formula is C50H37NO2. The van der Waals surface area contributed by atoms with E-state index in [9.17, 15) is 0 Å². The van der Waals surface area contributed by atoms with Crippen LogP contribution in [-0.2, 0) is 5.41 Å². The highest BCUT2D eigenvalue weighted by atomic mass is 16.3. The zero-order valence-corrected chi connectivity index (χ0v) is 29.9. The van der Waals surface area contributed by atoms with Gasteiger partial charge in [-0.2, -0.15) is 0 Å². The third-order valence-electron chi connectivity index (χ3n) is 10.7. The lowest BCUT2D eigenvalue weighted by Crippen LogP contribution is -2.11. The number of rotatable bonds is 5. The van der Waals surface area contributed by atoms with Crippen molar-refractivity contribution in [3.8, 4) is 22.3 Å². The lowest BCUT2D eigenvalue weighted by molar-refractivity contribution is 0.590. The Morgan fingerprint density at radius 2 is 1.02 bits per heavy atom. The second-order valence-corrected chi connectivity index (χ2v) is 14.9. The van der Waals surface area contributed by atoms with Gasteiger partial charge in [-0.25, -0.2) is 0 Å². The molecule has 10 aromatic rings. The van der Waals surface area contributed by atoms with E-state index in [0.717, 1.165) is 77.5 Å². The summed E-state index contributed by atoms with van der Waals surface area (Å²) in [5, 5.41) is 6.76. The Hall–Kier alpha value is -6.58. The third-order valence-corrected chi connectivity index (χ3v) is 10.7. The molecular weight excluding hydrogens is 647 g/mol. The molecule has 10 rings (SSSR count). The lowest BCUT2D eigenvalue weighted by atomic mass is 9.86. The fourth-order valence-corrected chi connectivity index (χ4v) is 7.92. The number of nitrogens with zero attached hydrogens (tertiary/aromatic N) is 1. The average Bonchev–Trinajstić information content (AvgIpc) is 3.76. The van der Waals surface area contributed by atoms with E-state index in [4.69, 9.17) is 8.83 Å². The normalized spacial score (nSPS) is 12.1. The third kappa shape index (κ3) is 5.19. The summed E-state index contributed by atoms with van der Waals surface area (Å²) in [6, 6.07) is 60.6. The van der Waals surface area contributed by atoms with Crippen LogP contribution in [0.5, 0.6) is 0 Å². The first-order valence-corrected chi connectivity index (χ1v) is 18.3. The summed E-state index contributed by atoms with van der Waals surface area (Å²) in [5.74, 6) is 0. The Bertz CT molecular complexity index is 2980. The van der Waals surface area contributed by atoms with Gasteiger partial charge >= 0.3 is 0 Å². The van der Waals surface area contributed by atoms with Crippen LogP contribution in [-0.4, -0.2) is 0 Å². The van der Waals surface area contributed by atoms with Gasteiger partial charge in [0.2, 0.25) is 0 Å². The minimum Gasteiger partial charge on any atom is -0.456 e. The first-order chi connectivity index (χ1) is 25.9. The van der Waals surface area contributed by atoms with E-state index in [1.165, 1.54) is 22.1 Å². The van der Waals surface area contributed by atoms with Crippen molar-refractivity contribution in [3.05, 3.63) is 175 Å². The van der Waals surface area contributed by atoms with Crippen molar-refractivity contribution in [3.63, 3.8) is 0 Å². The van der Waals surface area contributed by atoms with Crippen LogP contribution >= 0.6 is 0 Å². The quantitative estimate of drug-likeness (QED) is 0.181. The molecule has 8 aromatic carbocycles. The molecule has 2 aromatic heterocycles. The highest BCUT2D eigenvalue weighted by molar-refractivity contribution is 6.15. The van der Waals surface area contributed by atoms with Gasteiger partial charge in [0.15, 0.2) is 0 Å². The summed E-state index contributed by atoms with van der Waals surface area (Å²) in [7, 11) is 0. The van der Waals surface area contributed by atoms with Gasteiger partial charge in [0.1, 0.15) is 22.3 Å². The van der Waals surface area contributed by atoms with E-state index < -0.39 is 0 Å². The number of fused-ring (bicyclic) bond motifs is 7. The summed E-state index contributed by atoms with van der Waals surface area (Å²) < 4.78 is 13.1. The van der Waals surface area contributed by atoms with E-state index in [1.807, 2.05) is 18.2 Å². The molecule has 0 spiro atoms. The molecule has 0 N–H and O–H groups in total. The van der Waals surface area contributed by atoms with E-state index in [-0.39, 0.29) is 5.41 Å². The van der Waals surface area contributed by atoms with E-state index in [0.29, 0.717) is 0 Å². The van der Waals surface area contributed by atoms with Crippen LogP contribution in [0, 0.1) is 0 Å². The largest absolute Gasteiger partial charge is 0.456 e. The van der Waals surface area contributed by atoms with Crippen LogP contribution in [0.4, 0.5) is 17.1 Å². The summed E-state index contributed by atoms with van der Waals surface area (Å²) in [5.41, 5.74) is 12.6. The summed E-state index contributed by atoms with van der Waals surface area (Å²) in [6.07, 6.45) is 0. The molecule has 0 saturated carbocycles. The molecule has 0 radical (unpaired) electrons.